The summed E-state index contributed by atoms with van der Waals surface area (Å²) in [5.41, 5.74) is -4.43. The maximum Gasteiger partial charge on any atom is 0.417 e. The maximum atomic E-state index is 14.5. The number of hydrogen-bond acceptors (Lipinski definition) is 6. The number of hydrogen-bond donors (Lipinski definition) is 1. The number of ether oxygens (including phenoxy) is 2. The van der Waals surface area contributed by atoms with Crippen LogP contribution in [0.4, 0.5) is 32.4 Å². The molecule has 44 heavy (non-hydrogen) atoms. The van der Waals surface area contributed by atoms with Crippen LogP contribution in [0, 0.1) is 23.0 Å². The zero-order valence-electron chi connectivity index (χ0n) is 23.9. The predicted octanol–water partition coefficient (Wildman–Crippen LogP) is 7.74. The highest BCUT2D eigenvalue weighted by molar-refractivity contribution is 5.88. The molecule has 0 fully saturated rings. The highest BCUT2D eigenvalue weighted by atomic mass is 19.4. The third kappa shape index (κ3) is 7.08. The first-order valence-corrected chi connectivity index (χ1v) is 13.2. The van der Waals surface area contributed by atoms with Crippen LogP contribution in [0.1, 0.15) is 44.4 Å². The van der Waals surface area contributed by atoms with Crippen molar-refractivity contribution in [1.29, 1.82) is 5.26 Å². The van der Waals surface area contributed by atoms with Crippen molar-refractivity contribution in [1.82, 2.24) is 4.57 Å². The lowest BCUT2D eigenvalue weighted by molar-refractivity contribution is -0.137. The number of nitrogens with zero attached hydrogens (tertiary/aromatic N) is 2. The molecule has 0 spiro atoms. The summed E-state index contributed by atoms with van der Waals surface area (Å²) in [5, 5.41) is 12.0. The molecule has 2 aromatic carbocycles. The maximum absolute atomic E-state index is 14.5. The predicted molar refractivity (Wildman–Crippen MR) is 150 cm³/mol. The van der Waals surface area contributed by atoms with Gasteiger partial charge >= 0.3 is 12.3 Å². The molecule has 8 nitrogen and oxygen atoms in total. The third-order valence-corrected chi connectivity index (χ3v) is 6.16. The molecule has 230 valence electrons. The van der Waals surface area contributed by atoms with Gasteiger partial charge in [-0.3, -0.25) is 14.7 Å². The fraction of sp³-hybridized carbons (Fsp3) is 0.258. The second kappa shape index (κ2) is 12.2. The van der Waals surface area contributed by atoms with E-state index in [9.17, 15) is 36.8 Å². The molecular formula is C31H26F5N3O5. The van der Waals surface area contributed by atoms with Gasteiger partial charge in [0.15, 0.2) is 5.76 Å². The molecule has 1 amide bonds. The fourth-order valence-electron chi connectivity index (χ4n) is 4.28. The van der Waals surface area contributed by atoms with Crippen LogP contribution in [0.5, 0.6) is 5.75 Å². The molecule has 4 aromatic rings. The first kappa shape index (κ1) is 31.8. The largest absolute Gasteiger partial charge is 0.492 e. The van der Waals surface area contributed by atoms with Crippen LogP contribution < -0.4 is 15.6 Å². The first-order valence-electron chi connectivity index (χ1n) is 13.2. The molecule has 0 aliphatic carbocycles. The molecule has 2 heterocycles. The normalized spacial score (nSPS) is 11.6. The summed E-state index contributed by atoms with van der Waals surface area (Å²) in [6.45, 7) is 6.48. The molecule has 1 N–H and O–H groups in total. The van der Waals surface area contributed by atoms with E-state index in [2.05, 4.69) is 5.32 Å². The number of nitriles is 1. The Morgan fingerprint density at radius 2 is 1.77 bits per heavy atom. The highest BCUT2D eigenvalue weighted by Gasteiger charge is 2.37. The van der Waals surface area contributed by atoms with Crippen molar-refractivity contribution in [3.05, 3.63) is 93.5 Å². The standard InChI is InChI=1S/C31H26F5N3O5/c1-5-42-26-9-7-17(10-24(26)38-29(41)44-30(2,3)4)19-11-27(43-16-19)25-13-22(31(34,35)36)21(14-37)28(40)39(25)15-18-6-8-20(32)12-23(18)33/h6-13,16H,5,15H2,1-4H3,(H,38,41). The summed E-state index contributed by atoms with van der Waals surface area (Å²) in [4.78, 5) is 25.6. The molecule has 0 bridgehead atoms. The second-order valence-corrected chi connectivity index (χ2v) is 10.5. The Morgan fingerprint density at radius 1 is 1.05 bits per heavy atom. The van der Waals surface area contributed by atoms with Gasteiger partial charge in [-0.25, -0.2) is 13.6 Å². The molecule has 0 unspecified atom stereocenters. The van der Waals surface area contributed by atoms with E-state index >= 15 is 0 Å². The lowest BCUT2D eigenvalue weighted by Crippen LogP contribution is -2.29. The van der Waals surface area contributed by atoms with Gasteiger partial charge in [0.05, 0.1) is 36.4 Å². The average molecular weight is 616 g/mol. The van der Waals surface area contributed by atoms with Gasteiger partial charge in [-0.2, -0.15) is 18.4 Å². The van der Waals surface area contributed by atoms with Gasteiger partial charge in [0, 0.05) is 17.2 Å². The number of furan rings is 1. The number of anilines is 1. The molecule has 0 aliphatic rings. The van der Waals surface area contributed by atoms with Crippen molar-refractivity contribution in [2.24, 2.45) is 0 Å². The highest BCUT2D eigenvalue weighted by Crippen LogP contribution is 2.37. The number of amides is 1. The minimum atomic E-state index is -5.08. The summed E-state index contributed by atoms with van der Waals surface area (Å²) in [6.07, 6.45) is -4.62. The molecule has 13 heteroatoms. The minimum Gasteiger partial charge on any atom is -0.492 e. The number of carbonyl (C=O) groups is 1. The SMILES string of the molecule is CCOc1ccc(-c2coc(-c3cc(C(F)(F)F)c(C#N)c(=O)n3Cc3ccc(F)cc3F)c2)cc1NC(=O)OC(C)(C)C. The smallest absolute Gasteiger partial charge is 0.417 e. The molecule has 4 rings (SSSR count). The van der Waals surface area contributed by atoms with Gasteiger partial charge in [-0.1, -0.05) is 12.1 Å². The first-order chi connectivity index (χ1) is 20.6. The summed E-state index contributed by atoms with van der Waals surface area (Å²) >= 11 is 0. The Bertz CT molecular complexity index is 1810. The number of rotatable bonds is 7. The van der Waals surface area contributed by atoms with Crippen molar-refractivity contribution in [3.8, 4) is 34.4 Å². The quantitative estimate of drug-likeness (QED) is 0.213. The summed E-state index contributed by atoms with van der Waals surface area (Å²) in [5.74, 6) is -1.83. The summed E-state index contributed by atoms with van der Waals surface area (Å²) < 4.78 is 87.0. The van der Waals surface area contributed by atoms with Crippen LogP contribution in [0.25, 0.3) is 22.6 Å². The minimum absolute atomic E-state index is 0.213. The Labute approximate surface area is 248 Å². The topological polar surface area (TPSA) is 106 Å². The van der Waals surface area contributed by atoms with Crippen LogP contribution in [0.15, 0.2) is 64.0 Å². The molecule has 0 atom stereocenters. The number of carbonyl (C=O) groups excluding carboxylic acids is 1. The molecule has 0 saturated heterocycles. The van der Waals surface area contributed by atoms with E-state index in [0.717, 1.165) is 16.7 Å². The van der Waals surface area contributed by atoms with Gasteiger partial charge in [0.1, 0.15) is 34.6 Å². The van der Waals surface area contributed by atoms with Crippen molar-refractivity contribution < 1.29 is 40.6 Å². The van der Waals surface area contributed by atoms with E-state index in [1.807, 2.05) is 0 Å². The fourth-order valence-corrected chi connectivity index (χ4v) is 4.28. The van der Waals surface area contributed by atoms with Crippen LogP contribution in [0.2, 0.25) is 0 Å². The van der Waals surface area contributed by atoms with Crippen LogP contribution in [-0.4, -0.2) is 22.9 Å². The number of pyridine rings is 1. The van der Waals surface area contributed by atoms with E-state index in [0.29, 0.717) is 29.0 Å². The lowest BCUT2D eigenvalue weighted by Gasteiger charge is -2.20. The van der Waals surface area contributed by atoms with Gasteiger partial charge in [0.2, 0.25) is 0 Å². The Kier molecular flexibility index (Phi) is 8.85. The van der Waals surface area contributed by atoms with Gasteiger partial charge in [-0.15, -0.1) is 0 Å². The number of nitrogens with one attached hydrogen (secondary N) is 1. The van der Waals surface area contributed by atoms with Crippen LogP contribution >= 0.6 is 0 Å². The van der Waals surface area contributed by atoms with E-state index < -0.39 is 58.4 Å². The molecule has 2 aromatic heterocycles. The van der Waals surface area contributed by atoms with Crippen LogP contribution in [0.3, 0.4) is 0 Å². The zero-order chi connectivity index (χ0) is 32.4. The third-order valence-electron chi connectivity index (χ3n) is 6.16. The molecule has 0 aliphatic heterocycles. The monoisotopic (exact) mass is 615 g/mol. The van der Waals surface area contributed by atoms with Crippen molar-refractivity contribution in [3.63, 3.8) is 0 Å². The van der Waals surface area contributed by atoms with Gasteiger partial charge < -0.3 is 13.9 Å². The van der Waals surface area contributed by atoms with Crippen molar-refractivity contribution in [2.45, 2.75) is 46.0 Å². The van der Waals surface area contributed by atoms with Crippen molar-refractivity contribution in [2.75, 3.05) is 11.9 Å². The Balaban J connectivity index is 1.83. The lowest BCUT2D eigenvalue weighted by atomic mass is 10.0. The molecule has 0 saturated carbocycles. The van der Waals surface area contributed by atoms with Gasteiger partial charge in [0.25, 0.3) is 5.56 Å². The summed E-state index contributed by atoms with van der Waals surface area (Å²) in [7, 11) is 0. The molecule has 0 radical (unpaired) electrons. The average Bonchev–Trinajstić information content (AvgIpc) is 3.40. The second-order valence-electron chi connectivity index (χ2n) is 10.5. The van der Waals surface area contributed by atoms with E-state index in [1.54, 1.807) is 39.8 Å². The van der Waals surface area contributed by atoms with Crippen molar-refractivity contribution >= 4 is 11.8 Å². The van der Waals surface area contributed by atoms with Gasteiger partial charge in [-0.05, 0) is 63.6 Å². The number of alkyl halides is 3. The Morgan fingerprint density at radius 3 is 2.39 bits per heavy atom. The van der Waals surface area contributed by atoms with E-state index in [-0.39, 0.29) is 23.6 Å². The summed E-state index contributed by atoms with van der Waals surface area (Å²) in [6, 6.07) is 10.4. The van der Waals surface area contributed by atoms with E-state index in [4.69, 9.17) is 13.9 Å². The zero-order valence-corrected chi connectivity index (χ0v) is 23.9. The van der Waals surface area contributed by atoms with E-state index in [1.165, 1.54) is 24.5 Å². The number of benzene rings is 2. The number of halogens is 5. The van der Waals surface area contributed by atoms with Crippen LogP contribution in [-0.2, 0) is 17.5 Å². The number of aromatic nitrogens is 1. The molecular weight excluding hydrogens is 589 g/mol. The Hall–Kier alpha value is -5.12.